The van der Waals surface area contributed by atoms with Crippen LogP contribution < -0.4 is 4.57 Å². The highest BCUT2D eigenvalue weighted by Crippen LogP contribution is 2.30. The van der Waals surface area contributed by atoms with Gasteiger partial charge in [0, 0.05) is 10.5 Å². The molecule has 0 aliphatic rings. The van der Waals surface area contributed by atoms with Crippen molar-refractivity contribution in [2.75, 3.05) is 0 Å². The third-order valence-electron chi connectivity index (χ3n) is 2.10. The summed E-state index contributed by atoms with van der Waals surface area (Å²) in [4.78, 5) is 0. The number of fused-ring (bicyclic) bond motifs is 1. The molecule has 14 heavy (non-hydrogen) atoms. The predicted molar refractivity (Wildman–Crippen MR) is 62.8 cm³/mol. The van der Waals surface area contributed by atoms with E-state index in [1.807, 2.05) is 36.0 Å². The predicted octanol–water partition coefficient (Wildman–Crippen LogP) is 3.73. The van der Waals surface area contributed by atoms with Crippen LogP contribution in [-0.4, -0.2) is 0 Å². The standard InChI is InChI=1S/C10H7BrCl2N/c1-14-3-2-6-4-9(12)8(11)5-7(6)10(14)13/h2-5H,1H3/q+1. The molecule has 0 radical (unpaired) electrons. The highest BCUT2D eigenvalue weighted by Gasteiger charge is 2.10. The number of benzene rings is 1. The van der Waals surface area contributed by atoms with Gasteiger partial charge in [0.2, 0.25) is 0 Å². The van der Waals surface area contributed by atoms with E-state index in [0.29, 0.717) is 10.2 Å². The highest BCUT2D eigenvalue weighted by molar-refractivity contribution is 9.10. The number of hydrogen-bond donors (Lipinski definition) is 0. The average molecular weight is 292 g/mol. The van der Waals surface area contributed by atoms with Gasteiger partial charge in [0.25, 0.3) is 5.15 Å². The van der Waals surface area contributed by atoms with Crippen molar-refractivity contribution in [2.24, 2.45) is 7.05 Å². The average Bonchev–Trinajstić information content (AvgIpc) is 2.15. The first-order valence-electron chi connectivity index (χ1n) is 4.02. The Labute approximate surface area is 100 Å². The van der Waals surface area contributed by atoms with Crippen molar-refractivity contribution in [3.63, 3.8) is 0 Å². The second kappa shape index (κ2) is 3.69. The zero-order chi connectivity index (χ0) is 10.3. The molecule has 2 aromatic rings. The van der Waals surface area contributed by atoms with E-state index in [-0.39, 0.29) is 0 Å². The molecule has 2 rings (SSSR count). The number of pyridine rings is 1. The second-order valence-corrected chi connectivity index (χ2v) is 4.69. The topological polar surface area (TPSA) is 3.88 Å². The Hall–Kier alpha value is -0.310. The first kappa shape index (κ1) is 10.2. The lowest BCUT2D eigenvalue weighted by Gasteiger charge is -2.01. The van der Waals surface area contributed by atoms with Crippen LogP contribution >= 0.6 is 39.1 Å². The molecule has 1 aromatic carbocycles. The smallest absolute Gasteiger partial charge is 0.191 e. The van der Waals surface area contributed by atoms with Gasteiger partial charge in [-0.2, -0.15) is 4.57 Å². The van der Waals surface area contributed by atoms with E-state index in [2.05, 4.69) is 15.9 Å². The van der Waals surface area contributed by atoms with Crippen LogP contribution in [0, 0.1) is 0 Å². The molecule has 0 saturated heterocycles. The fourth-order valence-corrected chi connectivity index (χ4v) is 2.06. The van der Waals surface area contributed by atoms with Crippen molar-refractivity contribution in [3.05, 3.63) is 39.0 Å². The Balaban J connectivity index is 2.89. The summed E-state index contributed by atoms with van der Waals surface area (Å²) in [6, 6.07) is 5.81. The van der Waals surface area contributed by atoms with Crippen LogP contribution in [0.3, 0.4) is 0 Å². The molecule has 0 aliphatic heterocycles. The maximum absolute atomic E-state index is 6.15. The fraction of sp³-hybridized carbons (Fsp3) is 0.100. The summed E-state index contributed by atoms with van der Waals surface area (Å²) in [6.07, 6.45) is 1.91. The number of rotatable bonds is 0. The molecule has 72 valence electrons. The molecule has 0 spiro atoms. The van der Waals surface area contributed by atoms with Crippen molar-refractivity contribution in [2.45, 2.75) is 0 Å². The second-order valence-electron chi connectivity index (χ2n) is 3.07. The fourth-order valence-electron chi connectivity index (χ4n) is 1.33. The van der Waals surface area contributed by atoms with E-state index in [0.717, 1.165) is 15.2 Å². The normalized spacial score (nSPS) is 10.9. The van der Waals surface area contributed by atoms with Crippen LogP contribution in [0.4, 0.5) is 0 Å². The maximum Gasteiger partial charge on any atom is 0.282 e. The summed E-state index contributed by atoms with van der Waals surface area (Å²) < 4.78 is 2.73. The summed E-state index contributed by atoms with van der Waals surface area (Å²) in [5.74, 6) is 0. The van der Waals surface area contributed by atoms with Crippen molar-refractivity contribution in [1.29, 1.82) is 0 Å². The van der Waals surface area contributed by atoms with Crippen molar-refractivity contribution >= 4 is 49.9 Å². The van der Waals surface area contributed by atoms with Crippen LogP contribution in [-0.2, 0) is 7.05 Å². The maximum atomic E-state index is 6.15. The van der Waals surface area contributed by atoms with E-state index in [1.165, 1.54) is 0 Å². The van der Waals surface area contributed by atoms with Gasteiger partial charge in [-0.05, 0) is 45.0 Å². The molecular formula is C10H7BrCl2N+. The van der Waals surface area contributed by atoms with Gasteiger partial charge in [-0.25, -0.2) is 0 Å². The van der Waals surface area contributed by atoms with Crippen molar-refractivity contribution < 1.29 is 4.57 Å². The first-order valence-corrected chi connectivity index (χ1v) is 5.57. The summed E-state index contributed by atoms with van der Waals surface area (Å²) >= 11 is 15.5. The van der Waals surface area contributed by atoms with Crippen molar-refractivity contribution in [3.8, 4) is 0 Å². The van der Waals surface area contributed by atoms with Gasteiger partial charge in [0.1, 0.15) is 7.05 Å². The molecule has 0 aliphatic carbocycles. The summed E-state index contributed by atoms with van der Waals surface area (Å²) in [7, 11) is 1.91. The number of halogens is 3. The first-order chi connectivity index (χ1) is 6.59. The zero-order valence-corrected chi connectivity index (χ0v) is 10.5. The minimum absolute atomic E-state index is 0.697. The molecule has 0 amide bonds. The van der Waals surface area contributed by atoms with E-state index in [9.17, 15) is 0 Å². The molecule has 1 nitrogen and oxygen atoms in total. The monoisotopic (exact) mass is 290 g/mol. The lowest BCUT2D eigenvalue weighted by atomic mass is 10.2. The molecule has 0 unspecified atom stereocenters. The van der Waals surface area contributed by atoms with Gasteiger partial charge < -0.3 is 0 Å². The van der Waals surface area contributed by atoms with E-state index >= 15 is 0 Å². The lowest BCUT2D eigenvalue weighted by Crippen LogP contribution is -2.28. The zero-order valence-electron chi connectivity index (χ0n) is 7.39. The van der Waals surface area contributed by atoms with Crippen LogP contribution in [0.15, 0.2) is 28.9 Å². The minimum atomic E-state index is 0.697. The van der Waals surface area contributed by atoms with Gasteiger partial charge in [-0.1, -0.05) is 11.6 Å². The Morgan fingerprint density at radius 3 is 2.71 bits per heavy atom. The summed E-state index contributed by atoms with van der Waals surface area (Å²) in [5, 5.41) is 3.44. The molecule has 4 heteroatoms. The Bertz CT molecular complexity index is 511. The Morgan fingerprint density at radius 2 is 2.00 bits per heavy atom. The van der Waals surface area contributed by atoms with E-state index < -0.39 is 0 Å². The van der Waals surface area contributed by atoms with Crippen LogP contribution in [0.1, 0.15) is 0 Å². The minimum Gasteiger partial charge on any atom is -0.191 e. The van der Waals surface area contributed by atoms with Crippen molar-refractivity contribution in [1.82, 2.24) is 0 Å². The lowest BCUT2D eigenvalue weighted by molar-refractivity contribution is -0.667. The van der Waals surface area contributed by atoms with Gasteiger partial charge in [0.15, 0.2) is 6.20 Å². The SMILES string of the molecule is C[n+]1ccc2cc(Cl)c(Br)cc2c1Cl. The van der Waals surface area contributed by atoms with Gasteiger partial charge in [-0.3, -0.25) is 0 Å². The van der Waals surface area contributed by atoms with Crippen LogP contribution in [0.5, 0.6) is 0 Å². The molecule has 0 bridgehead atoms. The number of nitrogens with zero attached hydrogens (tertiary/aromatic N) is 1. The number of aromatic nitrogens is 1. The van der Waals surface area contributed by atoms with Gasteiger partial charge in [-0.15, -0.1) is 0 Å². The molecular weight excluding hydrogens is 285 g/mol. The molecule has 1 aromatic heterocycles. The summed E-state index contributed by atoms with van der Waals surface area (Å²) in [5.41, 5.74) is 0. The molecule has 1 heterocycles. The Kier molecular flexibility index (Phi) is 2.69. The summed E-state index contributed by atoms with van der Waals surface area (Å²) in [6.45, 7) is 0. The van der Waals surface area contributed by atoms with Gasteiger partial charge in [0.05, 0.1) is 10.4 Å². The third-order valence-corrected chi connectivity index (χ3v) is 3.77. The third kappa shape index (κ3) is 1.62. The van der Waals surface area contributed by atoms with E-state index in [1.54, 1.807) is 0 Å². The van der Waals surface area contributed by atoms with Crippen LogP contribution in [0.2, 0.25) is 10.2 Å². The number of aryl methyl sites for hydroxylation is 1. The molecule has 0 N–H and O–H groups in total. The molecule has 0 fully saturated rings. The highest BCUT2D eigenvalue weighted by atomic mass is 79.9. The quantitative estimate of drug-likeness (QED) is 0.514. The molecule has 0 saturated carbocycles. The van der Waals surface area contributed by atoms with Gasteiger partial charge >= 0.3 is 0 Å². The Morgan fingerprint density at radius 1 is 1.29 bits per heavy atom. The van der Waals surface area contributed by atoms with E-state index in [4.69, 9.17) is 23.2 Å². The largest absolute Gasteiger partial charge is 0.282 e. The van der Waals surface area contributed by atoms with Crippen LogP contribution in [0.25, 0.3) is 10.8 Å². The molecule has 0 atom stereocenters. The number of hydrogen-bond acceptors (Lipinski definition) is 0.